The van der Waals surface area contributed by atoms with Crippen LogP contribution >= 0.6 is 24.0 Å². The molecule has 0 aliphatic carbocycles. The van der Waals surface area contributed by atoms with Gasteiger partial charge in [-0.3, -0.25) is 9.79 Å². The van der Waals surface area contributed by atoms with Crippen LogP contribution in [0.25, 0.3) is 0 Å². The van der Waals surface area contributed by atoms with E-state index in [1.54, 1.807) is 0 Å². The number of halogens is 1. The number of benzene rings is 2. The van der Waals surface area contributed by atoms with Crippen molar-refractivity contribution in [1.29, 1.82) is 0 Å². The molecule has 1 heterocycles. The van der Waals surface area contributed by atoms with E-state index in [1.807, 2.05) is 60.4 Å². The summed E-state index contributed by atoms with van der Waals surface area (Å²) in [7, 11) is 0. The van der Waals surface area contributed by atoms with Crippen molar-refractivity contribution in [3.8, 4) is 0 Å². The normalized spacial score (nSPS) is 13.9. The number of aliphatic imine (C=N–C) groups is 1. The monoisotopic (exact) mass is 536 g/mol. The van der Waals surface area contributed by atoms with E-state index in [2.05, 4.69) is 21.7 Å². The Kier molecular flexibility index (Phi) is 10.8. The lowest BCUT2D eigenvalue weighted by atomic mass is 10.1. The minimum atomic E-state index is -0.498. The fraction of sp³-hybridized carbons (Fsp3) is 0.417. The Morgan fingerprint density at radius 1 is 1.13 bits per heavy atom. The number of carbonyl (C=O) groups excluding carboxylic acids is 1. The van der Waals surface area contributed by atoms with E-state index >= 15 is 0 Å². The summed E-state index contributed by atoms with van der Waals surface area (Å²) < 4.78 is 0. The lowest BCUT2D eigenvalue weighted by Crippen LogP contribution is -2.38. The first-order valence-corrected chi connectivity index (χ1v) is 10.8. The van der Waals surface area contributed by atoms with Gasteiger partial charge >= 0.3 is 0 Å². The molecular weight excluding hydrogens is 503 g/mol. The van der Waals surface area contributed by atoms with Crippen LogP contribution in [0, 0.1) is 0 Å². The SMILES string of the molecule is CCNC(=NCCCC(=O)N1CCc2ccccc21)NCCC(O)c1ccccc1.I. The molecule has 1 aliphatic heterocycles. The molecule has 0 saturated heterocycles. The van der Waals surface area contributed by atoms with Crippen molar-refractivity contribution in [1.82, 2.24) is 10.6 Å². The van der Waals surface area contributed by atoms with Gasteiger partial charge in [-0.2, -0.15) is 0 Å². The second-order valence-electron chi connectivity index (χ2n) is 7.43. The summed E-state index contributed by atoms with van der Waals surface area (Å²) >= 11 is 0. The molecule has 31 heavy (non-hydrogen) atoms. The Hall–Kier alpha value is -2.13. The van der Waals surface area contributed by atoms with Gasteiger partial charge in [-0.05, 0) is 43.4 Å². The van der Waals surface area contributed by atoms with Gasteiger partial charge in [-0.15, -0.1) is 24.0 Å². The number of anilines is 1. The zero-order valence-corrected chi connectivity index (χ0v) is 20.4. The van der Waals surface area contributed by atoms with Crippen molar-refractivity contribution in [2.24, 2.45) is 4.99 Å². The smallest absolute Gasteiger partial charge is 0.227 e. The quantitative estimate of drug-likeness (QED) is 0.198. The number of fused-ring (bicyclic) bond motifs is 1. The molecule has 2 aromatic carbocycles. The molecule has 1 aliphatic rings. The molecule has 0 aromatic heterocycles. The standard InChI is InChI=1S/C24H32N4O2.HI/c1-2-25-24(27-17-14-22(29)20-10-4-3-5-11-20)26-16-8-13-23(30)28-18-15-19-9-6-7-12-21(19)28;/h3-7,9-12,22,29H,2,8,13-18H2,1H3,(H2,25,26,27);1H. The van der Waals surface area contributed by atoms with Gasteiger partial charge < -0.3 is 20.6 Å². The van der Waals surface area contributed by atoms with Crippen LogP contribution < -0.4 is 15.5 Å². The molecule has 1 unspecified atom stereocenters. The zero-order chi connectivity index (χ0) is 21.2. The van der Waals surface area contributed by atoms with Crippen LogP contribution in [-0.2, 0) is 11.2 Å². The van der Waals surface area contributed by atoms with Crippen LogP contribution in [0.4, 0.5) is 5.69 Å². The van der Waals surface area contributed by atoms with Crippen molar-refractivity contribution < 1.29 is 9.90 Å². The molecule has 168 valence electrons. The van der Waals surface area contributed by atoms with Crippen LogP contribution in [0.15, 0.2) is 59.6 Å². The van der Waals surface area contributed by atoms with Gasteiger partial charge in [0.15, 0.2) is 5.96 Å². The first-order chi connectivity index (χ1) is 14.7. The fourth-order valence-corrected chi connectivity index (χ4v) is 3.66. The van der Waals surface area contributed by atoms with Crippen molar-refractivity contribution in [3.05, 3.63) is 65.7 Å². The number of aliphatic hydroxyl groups is 1. The Morgan fingerprint density at radius 2 is 1.87 bits per heavy atom. The van der Waals surface area contributed by atoms with E-state index < -0.39 is 6.10 Å². The molecule has 3 N–H and O–H groups in total. The molecule has 1 atom stereocenters. The first kappa shape index (κ1) is 25.1. The maximum absolute atomic E-state index is 12.6. The highest BCUT2D eigenvalue weighted by Crippen LogP contribution is 2.28. The molecule has 2 aromatic rings. The van der Waals surface area contributed by atoms with Gasteiger partial charge in [0.1, 0.15) is 0 Å². The van der Waals surface area contributed by atoms with Crippen molar-refractivity contribution in [3.63, 3.8) is 0 Å². The third-order valence-corrected chi connectivity index (χ3v) is 5.25. The Morgan fingerprint density at radius 3 is 2.65 bits per heavy atom. The molecule has 0 saturated carbocycles. The van der Waals surface area contributed by atoms with Gasteiger partial charge in [-0.25, -0.2) is 0 Å². The number of hydrogen-bond acceptors (Lipinski definition) is 3. The van der Waals surface area contributed by atoms with E-state index in [9.17, 15) is 9.90 Å². The van der Waals surface area contributed by atoms with E-state index in [1.165, 1.54) is 5.56 Å². The predicted octanol–water partition coefficient (Wildman–Crippen LogP) is 3.65. The highest BCUT2D eigenvalue weighted by Gasteiger charge is 2.23. The summed E-state index contributed by atoms with van der Waals surface area (Å²) in [4.78, 5) is 19.0. The number of para-hydroxylation sites is 1. The van der Waals surface area contributed by atoms with E-state index in [0.29, 0.717) is 32.4 Å². The number of guanidine groups is 1. The van der Waals surface area contributed by atoms with Gasteiger partial charge in [0.2, 0.25) is 5.91 Å². The molecule has 0 radical (unpaired) electrons. The summed E-state index contributed by atoms with van der Waals surface area (Å²) in [6.07, 6.45) is 2.23. The second kappa shape index (κ2) is 13.3. The topological polar surface area (TPSA) is 77.0 Å². The van der Waals surface area contributed by atoms with Crippen LogP contribution in [0.5, 0.6) is 0 Å². The highest BCUT2D eigenvalue weighted by atomic mass is 127. The Bertz CT molecular complexity index is 844. The minimum absolute atomic E-state index is 0. The largest absolute Gasteiger partial charge is 0.388 e. The van der Waals surface area contributed by atoms with Gasteiger partial charge in [0.05, 0.1) is 6.10 Å². The van der Waals surface area contributed by atoms with Crippen molar-refractivity contribution in [2.45, 2.75) is 38.7 Å². The van der Waals surface area contributed by atoms with Crippen LogP contribution in [0.1, 0.15) is 43.4 Å². The predicted molar refractivity (Wildman–Crippen MR) is 137 cm³/mol. The van der Waals surface area contributed by atoms with Crippen LogP contribution in [0.3, 0.4) is 0 Å². The summed E-state index contributed by atoms with van der Waals surface area (Å²) in [6, 6.07) is 17.8. The summed E-state index contributed by atoms with van der Waals surface area (Å²) in [5, 5.41) is 16.7. The van der Waals surface area contributed by atoms with Crippen LogP contribution in [-0.4, -0.2) is 43.2 Å². The molecule has 7 heteroatoms. The van der Waals surface area contributed by atoms with E-state index in [-0.39, 0.29) is 29.9 Å². The maximum atomic E-state index is 12.6. The van der Waals surface area contributed by atoms with Gasteiger partial charge in [-0.1, -0.05) is 48.5 Å². The fourth-order valence-electron chi connectivity index (χ4n) is 3.66. The molecule has 3 rings (SSSR count). The summed E-state index contributed by atoms with van der Waals surface area (Å²) in [5.74, 6) is 0.885. The summed E-state index contributed by atoms with van der Waals surface area (Å²) in [6.45, 7) is 4.75. The minimum Gasteiger partial charge on any atom is -0.388 e. The van der Waals surface area contributed by atoms with Crippen LogP contribution in [0.2, 0.25) is 0 Å². The molecule has 0 bridgehead atoms. The maximum Gasteiger partial charge on any atom is 0.227 e. The molecule has 0 spiro atoms. The van der Waals surface area contributed by atoms with Gasteiger partial charge in [0, 0.05) is 38.3 Å². The number of nitrogens with one attached hydrogen (secondary N) is 2. The Balaban J connectivity index is 0.00000341. The molecule has 6 nitrogen and oxygen atoms in total. The highest BCUT2D eigenvalue weighted by molar-refractivity contribution is 14.0. The van der Waals surface area contributed by atoms with E-state index in [4.69, 9.17) is 0 Å². The number of hydrogen-bond donors (Lipinski definition) is 3. The zero-order valence-electron chi connectivity index (χ0n) is 18.1. The van der Waals surface area contributed by atoms with Crippen molar-refractivity contribution >= 4 is 41.5 Å². The number of nitrogens with zero attached hydrogens (tertiary/aromatic N) is 2. The Labute approximate surface area is 202 Å². The average Bonchev–Trinajstić information content (AvgIpc) is 3.21. The lowest BCUT2D eigenvalue weighted by Gasteiger charge is -2.17. The third-order valence-electron chi connectivity index (χ3n) is 5.25. The number of amides is 1. The molecule has 1 amide bonds. The third kappa shape index (κ3) is 7.50. The number of aliphatic hydroxyl groups excluding tert-OH is 1. The summed E-state index contributed by atoms with van der Waals surface area (Å²) in [5.41, 5.74) is 3.22. The lowest BCUT2D eigenvalue weighted by molar-refractivity contribution is -0.118. The molecule has 0 fully saturated rings. The van der Waals surface area contributed by atoms with E-state index in [0.717, 1.165) is 36.7 Å². The van der Waals surface area contributed by atoms with Crippen molar-refractivity contribution in [2.75, 3.05) is 31.1 Å². The van der Waals surface area contributed by atoms with Gasteiger partial charge in [0.25, 0.3) is 0 Å². The molecular formula is C24H33IN4O2. The second-order valence-corrected chi connectivity index (χ2v) is 7.43. The first-order valence-electron chi connectivity index (χ1n) is 10.8. The number of rotatable bonds is 9. The average molecular weight is 536 g/mol. The number of carbonyl (C=O) groups is 1.